The number of carbonyl (C=O) groups excluding carboxylic acids is 1. The maximum Gasteiger partial charge on any atom is 0.220 e. The van der Waals surface area contributed by atoms with Crippen LogP contribution < -0.4 is 14.8 Å². The highest BCUT2D eigenvalue weighted by Crippen LogP contribution is 2.62. The van der Waals surface area contributed by atoms with Gasteiger partial charge >= 0.3 is 0 Å². The summed E-state index contributed by atoms with van der Waals surface area (Å²) in [7, 11) is 3.24. The molecule has 0 aliphatic heterocycles. The summed E-state index contributed by atoms with van der Waals surface area (Å²) in [6.45, 7) is 0.583. The number of carbonyl (C=O) groups is 1. The summed E-state index contributed by atoms with van der Waals surface area (Å²) >= 11 is 3.57. The van der Waals surface area contributed by atoms with Crippen LogP contribution in [0.15, 0.2) is 16.6 Å². The summed E-state index contributed by atoms with van der Waals surface area (Å²) in [5.41, 5.74) is 0.587. The van der Waals surface area contributed by atoms with Crippen LogP contribution >= 0.6 is 15.9 Å². The van der Waals surface area contributed by atoms with Gasteiger partial charge in [-0.05, 0) is 79.9 Å². The van der Waals surface area contributed by atoms with Gasteiger partial charge in [0.2, 0.25) is 5.91 Å². The zero-order chi connectivity index (χ0) is 19.9. The zero-order valence-corrected chi connectivity index (χ0v) is 18.3. The van der Waals surface area contributed by atoms with Crippen LogP contribution in [-0.4, -0.2) is 37.4 Å². The number of amides is 1. The van der Waals surface area contributed by atoms with E-state index in [1.54, 1.807) is 14.2 Å². The second-order valence-corrected chi connectivity index (χ2v) is 10.1. The van der Waals surface area contributed by atoms with Crippen LogP contribution in [-0.2, 0) is 11.2 Å². The number of hydrogen-bond donors (Lipinski definition) is 2. The van der Waals surface area contributed by atoms with E-state index in [1.165, 1.54) is 6.42 Å². The standard InChI is InChI=1S/C22H30BrNO4/c1-27-18-6-16(17(23)7-19(18)28-2)3-4-24-20(25)12-21-8-14-5-15(9-21)11-22(26,10-14)13-21/h6-7,14-15,26H,3-5,8-13H2,1-2H3,(H,24,25). The van der Waals surface area contributed by atoms with Gasteiger partial charge in [0.25, 0.3) is 0 Å². The highest BCUT2D eigenvalue weighted by Gasteiger charge is 2.57. The molecule has 4 aliphatic rings. The topological polar surface area (TPSA) is 67.8 Å². The number of methoxy groups -OCH3 is 2. The Bertz CT molecular complexity index is 751. The molecule has 1 aromatic carbocycles. The van der Waals surface area contributed by atoms with Crippen molar-refractivity contribution in [3.8, 4) is 11.5 Å². The lowest BCUT2D eigenvalue weighted by molar-refractivity contribution is -0.169. The van der Waals surface area contributed by atoms with Crippen LogP contribution in [0.4, 0.5) is 0 Å². The fourth-order valence-electron chi connectivity index (χ4n) is 6.44. The second-order valence-electron chi connectivity index (χ2n) is 9.26. The SMILES string of the molecule is COc1cc(Br)c(CCNC(=O)CC23CC4CC(CC(O)(C4)C2)C3)cc1OC. The van der Waals surface area contributed by atoms with Gasteiger partial charge < -0.3 is 19.9 Å². The molecular formula is C22H30BrNO4. The second kappa shape index (κ2) is 7.52. The molecule has 4 saturated carbocycles. The van der Waals surface area contributed by atoms with E-state index in [4.69, 9.17) is 9.47 Å². The van der Waals surface area contributed by atoms with Gasteiger partial charge in [0, 0.05) is 17.4 Å². The lowest BCUT2D eigenvalue weighted by Crippen LogP contribution is -2.56. The van der Waals surface area contributed by atoms with Gasteiger partial charge in [-0.3, -0.25) is 4.79 Å². The number of benzene rings is 1. The summed E-state index contributed by atoms with van der Waals surface area (Å²) < 4.78 is 11.6. The van der Waals surface area contributed by atoms with Crippen molar-refractivity contribution in [2.45, 2.75) is 57.0 Å². The largest absolute Gasteiger partial charge is 0.493 e. The van der Waals surface area contributed by atoms with Crippen LogP contribution in [0.1, 0.15) is 50.5 Å². The maximum atomic E-state index is 12.7. The molecule has 5 nitrogen and oxygen atoms in total. The first-order valence-electron chi connectivity index (χ1n) is 10.2. The molecule has 4 fully saturated rings. The molecule has 5 rings (SSSR count). The predicted octanol–water partition coefficient (Wildman–Crippen LogP) is 3.85. The van der Waals surface area contributed by atoms with Crippen LogP contribution in [0.25, 0.3) is 0 Å². The molecular weight excluding hydrogens is 422 g/mol. The molecule has 2 atom stereocenters. The summed E-state index contributed by atoms with van der Waals surface area (Å²) in [5, 5.41) is 14.0. The number of aliphatic hydroxyl groups is 1. The average Bonchev–Trinajstić information content (AvgIpc) is 2.60. The molecule has 0 radical (unpaired) electrons. The summed E-state index contributed by atoms with van der Waals surface area (Å²) in [4.78, 5) is 12.7. The quantitative estimate of drug-likeness (QED) is 0.660. The van der Waals surface area contributed by atoms with Crippen LogP contribution in [0, 0.1) is 17.3 Å². The van der Waals surface area contributed by atoms with E-state index in [2.05, 4.69) is 21.2 Å². The van der Waals surface area contributed by atoms with Crippen molar-refractivity contribution in [2.24, 2.45) is 17.3 Å². The molecule has 0 saturated heterocycles. The molecule has 4 aliphatic carbocycles. The van der Waals surface area contributed by atoms with Gasteiger partial charge in [-0.25, -0.2) is 0 Å². The van der Waals surface area contributed by atoms with E-state index in [-0.39, 0.29) is 11.3 Å². The summed E-state index contributed by atoms with van der Waals surface area (Å²) in [6, 6.07) is 3.84. The van der Waals surface area contributed by atoms with E-state index in [0.29, 0.717) is 36.3 Å². The Hall–Kier alpha value is -1.27. The van der Waals surface area contributed by atoms with E-state index in [0.717, 1.165) is 48.6 Å². The van der Waals surface area contributed by atoms with Crippen LogP contribution in [0.3, 0.4) is 0 Å². The molecule has 6 heteroatoms. The molecule has 0 spiro atoms. The van der Waals surface area contributed by atoms with Gasteiger partial charge in [0.05, 0.1) is 19.8 Å². The first-order valence-corrected chi connectivity index (χ1v) is 11.0. The number of hydrogen-bond acceptors (Lipinski definition) is 4. The van der Waals surface area contributed by atoms with Crippen LogP contribution in [0.2, 0.25) is 0 Å². The van der Waals surface area contributed by atoms with Gasteiger partial charge in [0.1, 0.15) is 0 Å². The van der Waals surface area contributed by atoms with E-state index < -0.39 is 5.60 Å². The molecule has 1 aromatic rings. The monoisotopic (exact) mass is 451 g/mol. The summed E-state index contributed by atoms with van der Waals surface area (Å²) in [5.74, 6) is 2.71. The average molecular weight is 452 g/mol. The van der Waals surface area contributed by atoms with E-state index in [9.17, 15) is 9.90 Å². The minimum Gasteiger partial charge on any atom is -0.493 e. The number of rotatable bonds is 7. The van der Waals surface area contributed by atoms with Crippen molar-refractivity contribution in [2.75, 3.05) is 20.8 Å². The Morgan fingerprint density at radius 3 is 2.43 bits per heavy atom. The third-order valence-corrected chi connectivity index (χ3v) is 7.69. The van der Waals surface area contributed by atoms with Crippen molar-refractivity contribution in [3.05, 3.63) is 22.2 Å². The highest BCUT2D eigenvalue weighted by atomic mass is 79.9. The Morgan fingerprint density at radius 1 is 1.18 bits per heavy atom. The Balaban J connectivity index is 1.33. The maximum absolute atomic E-state index is 12.7. The first-order chi connectivity index (χ1) is 13.3. The van der Waals surface area contributed by atoms with E-state index in [1.807, 2.05) is 12.1 Å². The molecule has 2 N–H and O–H groups in total. The highest BCUT2D eigenvalue weighted by molar-refractivity contribution is 9.10. The van der Waals surface area contributed by atoms with E-state index >= 15 is 0 Å². The number of nitrogens with one attached hydrogen (secondary N) is 1. The molecule has 154 valence electrons. The van der Waals surface area contributed by atoms with Crippen molar-refractivity contribution in [1.82, 2.24) is 5.32 Å². The fourth-order valence-corrected chi connectivity index (χ4v) is 6.96. The fraction of sp³-hybridized carbons (Fsp3) is 0.682. The lowest BCUT2D eigenvalue weighted by Gasteiger charge is -2.60. The van der Waals surface area contributed by atoms with Crippen molar-refractivity contribution < 1.29 is 19.4 Å². The van der Waals surface area contributed by atoms with Crippen LogP contribution in [0.5, 0.6) is 11.5 Å². The Kier molecular flexibility index (Phi) is 5.38. The summed E-state index contributed by atoms with van der Waals surface area (Å²) in [6.07, 6.45) is 7.44. The Labute approximate surface area is 175 Å². The first kappa shape index (κ1) is 20.0. The lowest BCUT2D eigenvalue weighted by atomic mass is 9.47. The predicted molar refractivity (Wildman–Crippen MR) is 111 cm³/mol. The smallest absolute Gasteiger partial charge is 0.220 e. The van der Waals surface area contributed by atoms with Crippen molar-refractivity contribution >= 4 is 21.8 Å². The number of ether oxygens (including phenoxy) is 2. The molecule has 1 amide bonds. The van der Waals surface area contributed by atoms with Crippen molar-refractivity contribution in [1.29, 1.82) is 0 Å². The van der Waals surface area contributed by atoms with Gasteiger partial charge in [-0.15, -0.1) is 0 Å². The molecule has 28 heavy (non-hydrogen) atoms. The zero-order valence-electron chi connectivity index (χ0n) is 16.7. The van der Waals surface area contributed by atoms with Crippen molar-refractivity contribution in [3.63, 3.8) is 0 Å². The van der Waals surface area contributed by atoms with Gasteiger partial charge in [-0.2, -0.15) is 0 Å². The third-order valence-electron chi connectivity index (χ3n) is 6.96. The molecule has 4 bridgehead atoms. The minimum atomic E-state index is -0.505. The molecule has 0 heterocycles. The molecule has 0 aromatic heterocycles. The normalized spacial score (nSPS) is 33.0. The Morgan fingerprint density at radius 2 is 1.82 bits per heavy atom. The number of halogens is 1. The third kappa shape index (κ3) is 3.90. The molecule has 2 unspecified atom stereocenters. The van der Waals surface area contributed by atoms with Gasteiger partial charge in [-0.1, -0.05) is 15.9 Å². The van der Waals surface area contributed by atoms with Gasteiger partial charge in [0.15, 0.2) is 11.5 Å². The minimum absolute atomic E-state index is 0.0207.